The fourth-order valence-corrected chi connectivity index (χ4v) is 4.10. The maximum absolute atomic E-state index is 11.7. The Balaban J connectivity index is 1.66. The van der Waals surface area contributed by atoms with Crippen molar-refractivity contribution in [2.24, 2.45) is 5.92 Å². The van der Waals surface area contributed by atoms with Crippen molar-refractivity contribution in [2.75, 3.05) is 19.0 Å². The van der Waals surface area contributed by atoms with Gasteiger partial charge in [-0.05, 0) is 60.7 Å². The normalized spacial score (nSPS) is 22.9. The van der Waals surface area contributed by atoms with E-state index in [0.717, 1.165) is 17.9 Å². The number of anilines is 1. The Bertz CT molecular complexity index is 841. The lowest BCUT2D eigenvalue weighted by Gasteiger charge is -2.37. The molecule has 0 aromatic heterocycles. The van der Waals surface area contributed by atoms with Crippen molar-refractivity contribution in [3.8, 4) is 5.75 Å². The highest BCUT2D eigenvalue weighted by atomic mass is 16.5. The zero-order valence-electron chi connectivity index (χ0n) is 15.1. The molecule has 1 heterocycles. The Labute approximate surface area is 153 Å². The van der Waals surface area contributed by atoms with Crippen LogP contribution in [0.25, 0.3) is 0 Å². The van der Waals surface area contributed by atoms with E-state index in [1.165, 1.54) is 18.2 Å². The highest BCUT2D eigenvalue weighted by Crippen LogP contribution is 2.50. The minimum Gasteiger partial charge on any atom is -0.494 e. The van der Waals surface area contributed by atoms with E-state index in [-0.39, 0.29) is 12.0 Å². The summed E-state index contributed by atoms with van der Waals surface area (Å²) in [5.74, 6) is 1.47. The van der Waals surface area contributed by atoms with Crippen LogP contribution >= 0.6 is 0 Å². The van der Waals surface area contributed by atoms with Gasteiger partial charge >= 0.3 is 5.97 Å². The predicted octanol–water partition coefficient (Wildman–Crippen LogP) is 4.70. The number of esters is 1. The smallest absolute Gasteiger partial charge is 0.337 e. The molecule has 4 heteroatoms. The van der Waals surface area contributed by atoms with Crippen LogP contribution in [0, 0.1) is 5.92 Å². The molecule has 0 amide bonds. The first-order valence-corrected chi connectivity index (χ1v) is 9.09. The molecule has 3 atom stereocenters. The van der Waals surface area contributed by atoms with Crippen molar-refractivity contribution >= 4 is 11.7 Å². The van der Waals surface area contributed by atoms with Crippen molar-refractivity contribution in [1.82, 2.24) is 0 Å². The zero-order valence-corrected chi connectivity index (χ0v) is 15.1. The maximum Gasteiger partial charge on any atom is 0.337 e. The fraction of sp³-hybridized carbons (Fsp3) is 0.318. The van der Waals surface area contributed by atoms with Gasteiger partial charge in [-0.15, -0.1) is 0 Å². The third-order valence-corrected chi connectivity index (χ3v) is 5.34. The summed E-state index contributed by atoms with van der Waals surface area (Å²) in [7, 11) is 1.40. The first-order valence-electron chi connectivity index (χ1n) is 9.09. The summed E-state index contributed by atoms with van der Waals surface area (Å²) in [6.45, 7) is 2.68. The van der Waals surface area contributed by atoms with E-state index in [0.29, 0.717) is 24.0 Å². The average molecular weight is 349 g/mol. The molecule has 2 unspecified atom stereocenters. The van der Waals surface area contributed by atoms with E-state index < -0.39 is 0 Å². The molecule has 0 saturated heterocycles. The van der Waals surface area contributed by atoms with Gasteiger partial charge in [-0.3, -0.25) is 0 Å². The molecule has 134 valence electrons. The predicted molar refractivity (Wildman–Crippen MR) is 102 cm³/mol. The number of hydrogen-bond donors (Lipinski definition) is 1. The third kappa shape index (κ3) is 2.85. The van der Waals surface area contributed by atoms with Crippen molar-refractivity contribution in [2.45, 2.75) is 25.3 Å². The molecule has 2 aliphatic rings. The summed E-state index contributed by atoms with van der Waals surface area (Å²) in [5, 5.41) is 3.70. The van der Waals surface area contributed by atoms with Crippen molar-refractivity contribution in [3.05, 3.63) is 71.3 Å². The SMILES string of the molecule is CCOc1ccc2c(c1)C1C=CCC1[C@@H](c1ccc(C(=O)OC)cc1)N2. The number of carbonyl (C=O) groups excluding carboxylic acids is 1. The van der Waals surface area contributed by atoms with Crippen LogP contribution < -0.4 is 10.1 Å². The van der Waals surface area contributed by atoms with Crippen LogP contribution in [0.5, 0.6) is 5.75 Å². The van der Waals surface area contributed by atoms with Gasteiger partial charge < -0.3 is 14.8 Å². The molecule has 0 radical (unpaired) electrons. The monoisotopic (exact) mass is 349 g/mol. The second-order valence-corrected chi connectivity index (χ2v) is 6.77. The molecule has 0 fully saturated rings. The van der Waals surface area contributed by atoms with Gasteiger partial charge in [-0.25, -0.2) is 4.79 Å². The Hall–Kier alpha value is -2.75. The summed E-state index contributed by atoms with van der Waals surface area (Å²) in [4.78, 5) is 11.7. The first kappa shape index (κ1) is 16.7. The van der Waals surface area contributed by atoms with Gasteiger partial charge in [0.1, 0.15) is 5.75 Å². The number of ether oxygens (including phenoxy) is 2. The Kier molecular flexibility index (Phi) is 4.41. The number of rotatable bonds is 4. The van der Waals surface area contributed by atoms with Crippen LogP contribution in [0.2, 0.25) is 0 Å². The molecular weight excluding hydrogens is 326 g/mol. The van der Waals surface area contributed by atoms with Gasteiger partial charge in [0, 0.05) is 11.6 Å². The summed E-state index contributed by atoms with van der Waals surface area (Å²) < 4.78 is 10.5. The van der Waals surface area contributed by atoms with Crippen LogP contribution in [0.1, 0.15) is 46.8 Å². The molecule has 2 aromatic carbocycles. The van der Waals surface area contributed by atoms with Crippen molar-refractivity contribution in [3.63, 3.8) is 0 Å². The van der Waals surface area contributed by atoms with Crippen LogP contribution in [0.15, 0.2) is 54.6 Å². The van der Waals surface area contributed by atoms with E-state index in [4.69, 9.17) is 9.47 Å². The number of hydrogen-bond acceptors (Lipinski definition) is 4. The van der Waals surface area contributed by atoms with Crippen LogP contribution in [-0.4, -0.2) is 19.7 Å². The van der Waals surface area contributed by atoms with E-state index in [1.54, 1.807) is 0 Å². The number of allylic oxidation sites excluding steroid dienone is 2. The lowest BCUT2D eigenvalue weighted by Crippen LogP contribution is -2.29. The van der Waals surface area contributed by atoms with E-state index in [2.05, 4.69) is 29.6 Å². The highest BCUT2D eigenvalue weighted by Gasteiger charge is 2.38. The van der Waals surface area contributed by atoms with Gasteiger partial charge in [0.05, 0.1) is 25.3 Å². The molecule has 4 nitrogen and oxygen atoms in total. The van der Waals surface area contributed by atoms with Crippen molar-refractivity contribution in [1.29, 1.82) is 0 Å². The number of benzene rings is 2. The molecule has 0 bridgehead atoms. The lowest BCUT2D eigenvalue weighted by molar-refractivity contribution is 0.0600. The number of fused-ring (bicyclic) bond motifs is 3. The summed E-state index contributed by atoms with van der Waals surface area (Å²) >= 11 is 0. The summed E-state index contributed by atoms with van der Waals surface area (Å²) in [6, 6.07) is 14.2. The van der Waals surface area contributed by atoms with Crippen molar-refractivity contribution < 1.29 is 14.3 Å². The highest BCUT2D eigenvalue weighted by molar-refractivity contribution is 5.89. The van der Waals surface area contributed by atoms with Gasteiger partial charge in [-0.1, -0.05) is 24.3 Å². The molecule has 0 spiro atoms. The molecule has 26 heavy (non-hydrogen) atoms. The molecule has 1 N–H and O–H groups in total. The minimum absolute atomic E-state index is 0.215. The average Bonchev–Trinajstić information content (AvgIpc) is 3.17. The number of nitrogens with one attached hydrogen (secondary N) is 1. The number of carbonyl (C=O) groups is 1. The Morgan fingerprint density at radius 3 is 2.73 bits per heavy atom. The molecule has 0 saturated carbocycles. The second-order valence-electron chi connectivity index (χ2n) is 6.77. The first-order chi connectivity index (χ1) is 12.7. The maximum atomic E-state index is 11.7. The fourth-order valence-electron chi connectivity index (χ4n) is 4.10. The van der Waals surface area contributed by atoms with E-state index >= 15 is 0 Å². The lowest BCUT2D eigenvalue weighted by atomic mass is 9.77. The van der Waals surface area contributed by atoms with E-state index in [9.17, 15) is 4.79 Å². The Morgan fingerprint density at radius 2 is 2.00 bits per heavy atom. The van der Waals surface area contributed by atoms with Crippen LogP contribution in [0.3, 0.4) is 0 Å². The van der Waals surface area contributed by atoms with Gasteiger partial charge in [0.25, 0.3) is 0 Å². The van der Waals surface area contributed by atoms with Gasteiger partial charge in [0.15, 0.2) is 0 Å². The molecule has 4 rings (SSSR count). The summed E-state index contributed by atoms with van der Waals surface area (Å²) in [6.07, 6.45) is 5.63. The third-order valence-electron chi connectivity index (χ3n) is 5.34. The van der Waals surface area contributed by atoms with Gasteiger partial charge in [0.2, 0.25) is 0 Å². The van der Waals surface area contributed by atoms with Crippen LogP contribution in [0.4, 0.5) is 5.69 Å². The van der Waals surface area contributed by atoms with E-state index in [1.807, 2.05) is 37.3 Å². The Morgan fingerprint density at radius 1 is 1.19 bits per heavy atom. The topological polar surface area (TPSA) is 47.6 Å². The quantitative estimate of drug-likeness (QED) is 0.642. The largest absolute Gasteiger partial charge is 0.494 e. The molecule has 1 aliphatic heterocycles. The number of methoxy groups -OCH3 is 1. The molecular formula is C22H23NO3. The second kappa shape index (κ2) is 6.87. The molecule has 1 aliphatic carbocycles. The van der Waals surface area contributed by atoms with Gasteiger partial charge in [-0.2, -0.15) is 0 Å². The summed E-state index contributed by atoms with van der Waals surface area (Å²) in [5.41, 5.74) is 4.23. The molecule has 2 aromatic rings. The zero-order chi connectivity index (χ0) is 18.1. The standard InChI is InChI=1S/C22H23NO3/c1-3-26-16-11-12-20-19(13-16)17-5-4-6-18(17)21(23-20)14-7-9-15(10-8-14)22(24)25-2/h4-5,7-13,17-18,21,23H,3,6H2,1-2H3/t17?,18?,21-/m1/s1. The minimum atomic E-state index is -0.303. The van der Waals surface area contributed by atoms with Crippen LogP contribution in [-0.2, 0) is 4.74 Å².